The minimum absolute atomic E-state index is 0.301. The molecule has 10 aromatic rings. The maximum Gasteiger partial charge on any atom is 0.161 e. The van der Waals surface area contributed by atoms with Crippen molar-refractivity contribution in [2.75, 3.05) is 0 Å². The summed E-state index contributed by atoms with van der Waals surface area (Å²) in [5.41, 5.74) is 13.5. The van der Waals surface area contributed by atoms with E-state index < -0.39 is 0 Å². The van der Waals surface area contributed by atoms with Crippen molar-refractivity contribution in [1.29, 1.82) is 0 Å². The monoisotopic (exact) mass is 718 g/mol. The van der Waals surface area contributed by atoms with Crippen LogP contribution in [-0.2, 0) is 5.41 Å². The summed E-state index contributed by atoms with van der Waals surface area (Å²) in [6, 6.07) is 67.9. The van der Waals surface area contributed by atoms with E-state index in [1.54, 1.807) is 0 Å². The van der Waals surface area contributed by atoms with Gasteiger partial charge >= 0.3 is 0 Å². The Balaban J connectivity index is 1.11. The van der Waals surface area contributed by atoms with Crippen LogP contribution in [0.15, 0.2) is 188 Å². The van der Waals surface area contributed by atoms with E-state index in [9.17, 15) is 0 Å². The zero-order valence-electron chi connectivity index (χ0n) is 30.2. The van der Waals surface area contributed by atoms with E-state index in [4.69, 9.17) is 9.97 Å². The summed E-state index contributed by atoms with van der Waals surface area (Å²) in [4.78, 5) is 10.8. The Hall–Kier alpha value is -6.68. The van der Waals surface area contributed by atoms with Gasteiger partial charge < -0.3 is 0 Å². The molecular weight excluding hydrogens is 685 g/mol. The van der Waals surface area contributed by atoms with Gasteiger partial charge in [-0.15, -0.1) is 11.3 Å². The molecule has 0 radical (unpaired) electrons. The third-order valence-corrected chi connectivity index (χ3v) is 12.8. The van der Waals surface area contributed by atoms with Gasteiger partial charge in [0.15, 0.2) is 5.82 Å². The van der Waals surface area contributed by atoms with E-state index >= 15 is 0 Å². The Morgan fingerprint density at radius 2 is 1.04 bits per heavy atom. The first-order chi connectivity index (χ1) is 27.1. The average molecular weight is 719 g/mol. The molecule has 11 rings (SSSR count). The SMILES string of the molecule is CC1(c2ccccc2)c2ccccc2-c2c(-c3cc(-c4ccc(-c5cccc6c5sc5ccccc56)cc4)nc(-c4cccc5ccccc45)n3)cccc21. The van der Waals surface area contributed by atoms with Gasteiger partial charge in [0.25, 0.3) is 0 Å². The summed E-state index contributed by atoms with van der Waals surface area (Å²) in [6.45, 7) is 2.37. The molecule has 0 spiro atoms. The predicted octanol–water partition coefficient (Wildman–Crippen LogP) is 14.0. The van der Waals surface area contributed by atoms with Crippen LogP contribution < -0.4 is 0 Å². The Morgan fingerprint density at radius 1 is 0.436 bits per heavy atom. The maximum atomic E-state index is 5.43. The van der Waals surface area contributed by atoms with Crippen LogP contribution in [0.4, 0.5) is 0 Å². The predicted molar refractivity (Wildman–Crippen MR) is 232 cm³/mol. The number of aromatic nitrogens is 2. The third kappa shape index (κ3) is 4.94. The second-order valence-corrected chi connectivity index (χ2v) is 15.7. The zero-order chi connectivity index (χ0) is 36.5. The van der Waals surface area contributed by atoms with Crippen molar-refractivity contribution in [2.45, 2.75) is 12.3 Å². The highest BCUT2D eigenvalue weighted by Crippen LogP contribution is 2.55. The lowest BCUT2D eigenvalue weighted by molar-refractivity contribution is 0.714. The zero-order valence-corrected chi connectivity index (χ0v) is 31.0. The van der Waals surface area contributed by atoms with Crippen LogP contribution in [0.25, 0.3) is 87.1 Å². The van der Waals surface area contributed by atoms with Crippen LogP contribution in [0.3, 0.4) is 0 Å². The Kier molecular flexibility index (Phi) is 7.20. The first kappa shape index (κ1) is 31.8. The number of rotatable bonds is 5. The van der Waals surface area contributed by atoms with Crippen LogP contribution in [0.1, 0.15) is 23.6 Å². The summed E-state index contributed by atoms with van der Waals surface area (Å²) < 4.78 is 2.63. The molecule has 1 aliphatic rings. The van der Waals surface area contributed by atoms with E-state index in [1.807, 2.05) is 11.3 Å². The summed E-state index contributed by atoms with van der Waals surface area (Å²) in [7, 11) is 0. The molecule has 1 aliphatic carbocycles. The molecule has 0 fully saturated rings. The molecule has 0 saturated carbocycles. The van der Waals surface area contributed by atoms with E-state index in [0.717, 1.165) is 39.3 Å². The summed E-state index contributed by atoms with van der Waals surface area (Å²) in [6.07, 6.45) is 0. The second kappa shape index (κ2) is 12.4. The molecule has 0 amide bonds. The number of hydrogen-bond acceptors (Lipinski definition) is 3. The molecule has 1 unspecified atom stereocenters. The van der Waals surface area contributed by atoms with Crippen LogP contribution in [-0.4, -0.2) is 9.97 Å². The van der Waals surface area contributed by atoms with Gasteiger partial charge in [-0.1, -0.05) is 176 Å². The van der Waals surface area contributed by atoms with Gasteiger partial charge in [-0.25, -0.2) is 9.97 Å². The highest BCUT2D eigenvalue weighted by molar-refractivity contribution is 7.26. The van der Waals surface area contributed by atoms with Crippen molar-refractivity contribution in [2.24, 2.45) is 0 Å². The molecule has 0 N–H and O–H groups in total. The number of fused-ring (bicyclic) bond motifs is 7. The smallest absolute Gasteiger partial charge is 0.161 e. The second-order valence-electron chi connectivity index (χ2n) is 14.6. The van der Waals surface area contributed by atoms with Crippen LogP contribution in [0.5, 0.6) is 0 Å². The summed E-state index contributed by atoms with van der Waals surface area (Å²) >= 11 is 1.87. The van der Waals surface area contributed by atoms with E-state index in [0.29, 0.717) is 0 Å². The quantitative estimate of drug-likeness (QED) is 0.177. The molecular formula is C52H34N2S. The molecule has 55 heavy (non-hydrogen) atoms. The average Bonchev–Trinajstić information content (AvgIpc) is 3.77. The molecule has 8 aromatic carbocycles. The minimum Gasteiger partial charge on any atom is -0.228 e. The molecule has 2 heterocycles. The van der Waals surface area contributed by atoms with Crippen molar-refractivity contribution in [3.8, 4) is 56.2 Å². The molecule has 0 bridgehead atoms. The Morgan fingerprint density at radius 3 is 1.93 bits per heavy atom. The molecule has 0 aliphatic heterocycles. The van der Waals surface area contributed by atoms with E-state index in [1.165, 1.54) is 64.5 Å². The largest absolute Gasteiger partial charge is 0.228 e. The molecule has 2 nitrogen and oxygen atoms in total. The van der Waals surface area contributed by atoms with Gasteiger partial charge in [0.2, 0.25) is 0 Å². The van der Waals surface area contributed by atoms with Gasteiger partial charge in [-0.2, -0.15) is 0 Å². The van der Waals surface area contributed by atoms with Gasteiger partial charge in [0.05, 0.1) is 11.4 Å². The lowest BCUT2D eigenvalue weighted by Gasteiger charge is -2.28. The Labute approximate surface area is 324 Å². The molecule has 2 aromatic heterocycles. The highest BCUT2D eigenvalue weighted by atomic mass is 32.1. The minimum atomic E-state index is -0.301. The van der Waals surface area contributed by atoms with Gasteiger partial charge in [-0.05, 0) is 68.8 Å². The maximum absolute atomic E-state index is 5.43. The summed E-state index contributed by atoms with van der Waals surface area (Å²) in [5, 5.41) is 4.93. The van der Waals surface area contributed by atoms with Crippen molar-refractivity contribution in [1.82, 2.24) is 9.97 Å². The van der Waals surface area contributed by atoms with Gasteiger partial charge in [0, 0.05) is 42.3 Å². The fraction of sp³-hybridized carbons (Fsp3) is 0.0385. The number of thiophene rings is 1. The van der Waals surface area contributed by atoms with Crippen molar-refractivity contribution in [3.05, 3.63) is 205 Å². The molecule has 3 heteroatoms. The lowest BCUT2D eigenvalue weighted by atomic mass is 9.74. The van der Waals surface area contributed by atoms with Crippen LogP contribution in [0.2, 0.25) is 0 Å². The topological polar surface area (TPSA) is 25.8 Å². The number of benzene rings is 8. The fourth-order valence-electron chi connectivity index (χ4n) is 8.91. The van der Waals surface area contributed by atoms with E-state index in [2.05, 4.69) is 195 Å². The number of hydrogen-bond donors (Lipinski definition) is 0. The first-order valence-corrected chi connectivity index (χ1v) is 19.6. The standard InChI is InChI=1S/C52H34N2S/c1-52(36-16-3-2-4-17-36)44-25-9-7-20-42(44)49-43(24-13-26-45(49)52)47-32-46(53-51(54-47)41-23-11-15-33-14-5-6-18-37(33)41)35-30-28-34(29-31-35)38-21-12-22-40-39-19-8-10-27-48(39)55-50(38)40/h2-32H,1H3. The van der Waals surface area contributed by atoms with Crippen molar-refractivity contribution >= 4 is 42.3 Å². The van der Waals surface area contributed by atoms with Gasteiger partial charge in [0.1, 0.15) is 0 Å². The van der Waals surface area contributed by atoms with E-state index in [-0.39, 0.29) is 5.41 Å². The lowest BCUT2D eigenvalue weighted by Crippen LogP contribution is -2.22. The van der Waals surface area contributed by atoms with Crippen LogP contribution in [0, 0.1) is 0 Å². The molecule has 1 atom stereocenters. The van der Waals surface area contributed by atoms with Crippen LogP contribution >= 0.6 is 11.3 Å². The normalized spacial score (nSPS) is 14.7. The first-order valence-electron chi connectivity index (χ1n) is 18.8. The summed E-state index contributed by atoms with van der Waals surface area (Å²) in [5.74, 6) is 0.720. The molecule has 0 saturated heterocycles. The third-order valence-electron chi connectivity index (χ3n) is 11.6. The molecule has 258 valence electrons. The van der Waals surface area contributed by atoms with Crippen molar-refractivity contribution in [3.63, 3.8) is 0 Å². The van der Waals surface area contributed by atoms with Crippen molar-refractivity contribution < 1.29 is 0 Å². The fourth-order valence-corrected chi connectivity index (χ4v) is 10.1. The highest BCUT2D eigenvalue weighted by Gasteiger charge is 2.41. The Bertz CT molecular complexity index is 3100. The number of nitrogens with zero attached hydrogens (tertiary/aromatic N) is 2. The van der Waals surface area contributed by atoms with Gasteiger partial charge in [-0.3, -0.25) is 0 Å².